The zero-order valence-corrected chi connectivity index (χ0v) is 25.0. The summed E-state index contributed by atoms with van der Waals surface area (Å²) < 4.78 is 47.1. The molecule has 1 saturated heterocycles. The maximum Gasteiger partial charge on any atom is 0.265 e. The zero-order valence-electron chi connectivity index (χ0n) is 24.2. The molecule has 0 radical (unpaired) electrons. The largest absolute Gasteiger partial charge is 0.490 e. The van der Waals surface area contributed by atoms with Crippen molar-refractivity contribution in [1.29, 1.82) is 0 Å². The average Bonchev–Trinajstić information content (AvgIpc) is 3.34. The van der Waals surface area contributed by atoms with Gasteiger partial charge in [0.05, 0.1) is 27.5 Å². The van der Waals surface area contributed by atoms with Gasteiger partial charge in [-0.3, -0.25) is 4.79 Å². The summed E-state index contributed by atoms with van der Waals surface area (Å²) in [6.07, 6.45) is 1.56. The monoisotopic (exact) mass is 599 g/mol. The van der Waals surface area contributed by atoms with Crippen molar-refractivity contribution in [1.82, 2.24) is 9.71 Å². The second kappa shape index (κ2) is 11.3. The van der Waals surface area contributed by atoms with Crippen LogP contribution in [0, 0.1) is 19.8 Å². The van der Waals surface area contributed by atoms with Crippen molar-refractivity contribution in [3.63, 3.8) is 0 Å². The van der Waals surface area contributed by atoms with Crippen LogP contribution in [0.2, 0.25) is 0 Å². The van der Waals surface area contributed by atoms with Crippen LogP contribution in [-0.4, -0.2) is 38.6 Å². The number of nitrogens with zero attached hydrogens (tertiary/aromatic N) is 1. The number of nitrogen functional groups attached to an aromatic ring is 1. The summed E-state index contributed by atoms with van der Waals surface area (Å²) in [4.78, 5) is 18.8. The third-order valence-electron chi connectivity index (χ3n) is 8.08. The number of carbonyl (C=O) groups is 1. The minimum atomic E-state index is -4.25. The highest BCUT2D eigenvalue weighted by Gasteiger charge is 2.28. The number of hydrogen-bond acceptors (Lipinski definition) is 8. The Balaban J connectivity index is 1.51. The fourth-order valence-electron chi connectivity index (χ4n) is 5.65. The maximum absolute atomic E-state index is 14.0. The molecule has 9 nitrogen and oxygen atoms in total. The Labute approximate surface area is 250 Å². The van der Waals surface area contributed by atoms with E-state index in [9.17, 15) is 13.2 Å². The highest BCUT2D eigenvalue weighted by molar-refractivity contribution is 7.90. The number of anilines is 1. The predicted molar refractivity (Wildman–Crippen MR) is 166 cm³/mol. The number of hydrogen-bond donors (Lipinski definition) is 2. The topological polar surface area (TPSA) is 134 Å². The van der Waals surface area contributed by atoms with E-state index in [0.717, 1.165) is 29.4 Å². The lowest BCUT2D eigenvalue weighted by Gasteiger charge is -2.29. The SMILES string of the molecule is Cc1c(-c2cc(C(=O)NS(=O)(=O)c3cccc(N)c3)c3c(O[C@H](C)C4CCOCC4)ccc(C)c3n2)oc2ccccc12. The van der Waals surface area contributed by atoms with E-state index in [1.807, 2.05) is 57.2 Å². The Hall–Kier alpha value is -4.41. The second-order valence-corrected chi connectivity index (χ2v) is 12.7. The fraction of sp³-hybridized carbons (Fsp3) is 0.273. The van der Waals surface area contributed by atoms with Crippen LogP contribution in [0.5, 0.6) is 5.75 Å². The Bertz CT molecular complexity index is 1960. The predicted octanol–water partition coefficient (Wildman–Crippen LogP) is 6.16. The van der Waals surface area contributed by atoms with Gasteiger partial charge in [0.1, 0.15) is 17.0 Å². The number of fused-ring (bicyclic) bond motifs is 2. The lowest BCUT2D eigenvalue weighted by atomic mass is 9.94. The minimum absolute atomic E-state index is 0.102. The van der Waals surface area contributed by atoms with Crippen molar-refractivity contribution in [2.45, 2.75) is 44.6 Å². The van der Waals surface area contributed by atoms with E-state index in [4.69, 9.17) is 24.6 Å². The normalized spacial score (nSPS) is 15.0. The molecule has 43 heavy (non-hydrogen) atoms. The number of ether oxygens (including phenoxy) is 2. The van der Waals surface area contributed by atoms with Crippen molar-refractivity contribution >= 4 is 43.5 Å². The number of amides is 1. The summed E-state index contributed by atoms with van der Waals surface area (Å²) in [7, 11) is -4.25. The van der Waals surface area contributed by atoms with Crippen LogP contribution in [0.15, 0.2) is 76.0 Å². The molecule has 1 aliphatic rings. The number of nitrogens with one attached hydrogen (secondary N) is 1. The number of aromatic nitrogens is 1. The molecule has 0 unspecified atom stereocenters. The van der Waals surface area contributed by atoms with Crippen LogP contribution in [0.1, 0.15) is 41.3 Å². The molecule has 0 spiro atoms. The first-order valence-corrected chi connectivity index (χ1v) is 15.7. The number of para-hydroxylation sites is 1. The van der Waals surface area contributed by atoms with Crippen LogP contribution in [0.3, 0.4) is 0 Å². The fourth-order valence-corrected chi connectivity index (χ4v) is 6.68. The quantitative estimate of drug-likeness (QED) is 0.213. The molecule has 1 fully saturated rings. The van der Waals surface area contributed by atoms with Crippen molar-refractivity contribution in [2.75, 3.05) is 18.9 Å². The molecule has 0 saturated carbocycles. The number of nitrogens with two attached hydrogens (primary N) is 1. The molecule has 1 aliphatic heterocycles. The summed E-state index contributed by atoms with van der Waals surface area (Å²) >= 11 is 0. The van der Waals surface area contributed by atoms with E-state index in [1.165, 1.54) is 18.2 Å². The molecule has 5 aromatic rings. The van der Waals surface area contributed by atoms with Gasteiger partial charge < -0.3 is 19.6 Å². The van der Waals surface area contributed by atoms with E-state index in [2.05, 4.69) is 4.72 Å². The van der Waals surface area contributed by atoms with Crippen LogP contribution < -0.4 is 15.2 Å². The summed E-state index contributed by atoms with van der Waals surface area (Å²) in [5, 5.41) is 1.35. The molecule has 0 aliphatic carbocycles. The molecule has 3 N–H and O–H groups in total. The van der Waals surface area contributed by atoms with Gasteiger partial charge in [-0.2, -0.15) is 0 Å². The summed E-state index contributed by atoms with van der Waals surface area (Å²) in [6, 6.07) is 18.7. The van der Waals surface area contributed by atoms with E-state index in [-0.39, 0.29) is 28.2 Å². The number of sulfonamides is 1. The van der Waals surface area contributed by atoms with Crippen LogP contribution in [0.25, 0.3) is 33.3 Å². The molecule has 10 heteroatoms. The van der Waals surface area contributed by atoms with Gasteiger partial charge in [0.2, 0.25) is 0 Å². The van der Waals surface area contributed by atoms with Gasteiger partial charge in [0.25, 0.3) is 15.9 Å². The highest BCUT2D eigenvalue weighted by atomic mass is 32.2. The van der Waals surface area contributed by atoms with Gasteiger partial charge in [0, 0.05) is 29.9 Å². The molecule has 3 heterocycles. The second-order valence-electron chi connectivity index (χ2n) is 11.0. The lowest BCUT2D eigenvalue weighted by molar-refractivity contribution is 0.0243. The standard InChI is InChI=1S/C33H33N3O6S/c1-19-11-12-29(41-21(3)22-13-15-40-16-14-22)30-26(33(37)36-43(38,39)24-8-6-7-23(34)17-24)18-27(35-31(19)30)32-20(2)25-9-4-5-10-28(25)42-32/h4-12,17-18,21-22H,13-16,34H2,1-3H3,(H,36,37)/t21-/m1/s1. The van der Waals surface area contributed by atoms with Crippen molar-refractivity contribution in [3.8, 4) is 17.2 Å². The number of rotatable bonds is 7. The number of aryl methyl sites for hydroxylation is 2. The molecule has 1 atom stereocenters. The van der Waals surface area contributed by atoms with Gasteiger partial charge in [-0.25, -0.2) is 18.1 Å². The van der Waals surface area contributed by atoms with Crippen molar-refractivity contribution in [2.24, 2.45) is 5.92 Å². The van der Waals surface area contributed by atoms with E-state index in [1.54, 1.807) is 12.1 Å². The molecule has 222 valence electrons. The number of carbonyl (C=O) groups excluding carboxylic acids is 1. The molecule has 1 amide bonds. The van der Waals surface area contributed by atoms with Crippen LogP contribution >= 0.6 is 0 Å². The van der Waals surface area contributed by atoms with Gasteiger partial charge in [-0.15, -0.1) is 0 Å². The smallest absolute Gasteiger partial charge is 0.265 e. The number of furan rings is 1. The van der Waals surface area contributed by atoms with Crippen molar-refractivity contribution < 1.29 is 27.1 Å². The zero-order chi connectivity index (χ0) is 30.3. The van der Waals surface area contributed by atoms with Gasteiger partial charge in [-0.05, 0) is 81.5 Å². The van der Waals surface area contributed by atoms with E-state index in [0.29, 0.717) is 46.9 Å². The first kappa shape index (κ1) is 28.7. The third-order valence-corrected chi connectivity index (χ3v) is 9.41. The average molecular weight is 600 g/mol. The van der Waals surface area contributed by atoms with Gasteiger partial charge in [-0.1, -0.05) is 30.3 Å². The summed E-state index contributed by atoms with van der Waals surface area (Å²) in [6.45, 7) is 7.17. The third kappa shape index (κ3) is 5.55. The molecule has 3 aromatic carbocycles. The van der Waals surface area contributed by atoms with Crippen molar-refractivity contribution in [3.05, 3.63) is 83.4 Å². The molecular formula is C33H33N3O6S. The first-order chi connectivity index (χ1) is 20.6. The maximum atomic E-state index is 14.0. The molecular weight excluding hydrogens is 566 g/mol. The Morgan fingerprint density at radius 2 is 1.81 bits per heavy atom. The van der Waals surface area contributed by atoms with Gasteiger partial charge in [0.15, 0.2) is 5.76 Å². The molecule has 6 rings (SSSR count). The lowest BCUT2D eigenvalue weighted by Crippen LogP contribution is -2.31. The van der Waals surface area contributed by atoms with Gasteiger partial charge >= 0.3 is 0 Å². The number of benzene rings is 3. The highest BCUT2D eigenvalue weighted by Crippen LogP contribution is 2.38. The summed E-state index contributed by atoms with van der Waals surface area (Å²) in [5.41, 5.74) is 9.46. The summed E-state index contributed by atoms with van der Waals surface area (Å²) in [5.74, 6) is 0.402. The molecule has 0 bridgehead atoms. The Morgan fingerprint density at radius 3 is 2.56 bits per heavy atom. The van der Waals surface area contributed by atoms with Crippen LogP contribution in [0.4, 0.5) is 5.69 Å². The van der Waals surface area contributed by atoms with Crippen LogP contribution in [-0.2, 0) is 14.8 Å². The van der Waals surface area contributed by atoms with E-state index >= 15 is 0 Å². The Kier molecular flexibility index (Phi) is 7.57. The number of pyridine rings is 1. The van der Waals surface area contributed by atoms with E-state index < -0.39 is 15.9 Å². The first-order valence-electron chi connectivity index (χ1n) is 14.2. The Morgan fingerprint density at radius 1 is 1.05 bits per heavy atom. The molecule has 2 aromatic heterocycles. The minimum Gasteiger partial charge on any atom is -0.490 e.